The van der Waals surface area contributed by atoms with Crippen molar-refractivity contribution >= 4 is 5.97 Å². The smallest absolute Gasteiger partial charge is 0.337 e. The first-order chi connectivity index (χ1) is 8.25. The molecule has 0 atom stereocenters. The molecule has 86 valence electrons. The molecule has 17 heavy (non-hydrogen) atoms. The molecule has 0 saturated heterocycles. The van der Waals surface area contributed by atoms with Crippen LogP contribution in [0.25, 0.3) is 0 Å². The number of ether oxygens (including phenoxy) is 1. The predicted octanol–water partition coefficient (Wildman–Crippen LogP) is 2.36. The maximum Gasteiger partial charge on any atom is 0.337 e. The summed E-state index contributed by atoms with van der Waals surface area (Å²) in [6, 6.07) is 11.1. The standard InChI is InChI=1S/C13H11NO3/c15-13(16)11-6-12(8-14-7-11)17-9-10-4-2-1-3-5-10/h1-8H,9H2,(H,15,16). The number of rotatable bonds is 4. The SMILES string of the molecule is O=C(O)c1cncc(OCc2ccccc2)c1. The van der Waals surface area contributed by atoms with Gasteiger partial charge in [0.05, 0.1) is 11.8 Å². The number of hydrogen-bond donors (Lipinski definition) is 1. The molecule has 0 fully saturated rings. The highest BCUT2D eigenvalue weighted by molar-refractivity contribution is 5.87. The molecule has 2 aromatic rings. The molecule has 0 amide bonds. The number of aromatic carboxylic acids is 1. The maximum absolute atomic E-state index is 10.7. The number of benzene rings is 1. The number of aromatic nitrogens is 1. The average Bonchev–Trinajstić information content (AvgIpc) is 2.38. The van der Waals surface area contributed by atoms with Gasteiger partial charge in [0.1, 0.15) is 12.4 Å². The normalized spacial score (nSPS) is 9.88. The molecule has 0 saturated carbocycles. The van der Waals surface area contributed by atoms with E-state index in [1.807, 2.05) is 30.3 Å². The Balaban J connectivity index is 2.04. The lowest BCUT2D eigenvalue weighted by Crippen LogP contribution is -2.00. The second kappa shape index (κ2) is 5.12. The Morgan fingerprint density at radius 2 is 2.00 bits per heavy atom. The van der Waals surface area contributed by atoms with Crippen LogP contribution in [0.3, 0.4) is 0 Å². The molecule has 0 aliphatic heterocycles. The summed E-state index contributed by atoms with van der Waals surface area (Å²) >= 11 is 0. The van der Waals surface area contributed by atoms with E-state index in [4.69, 9.17) is 9.84 Å². The summed E-state index contributed by atoms with van der Waals surface area (Å²) in [5.74, 6) is -0.559. The topological polar surface area (TPSA) is 59.4 Å². The van der Waals surface area contributed by atoms with Gasteiger partial charge in [-0.15, -0.1) is 0 Å². The summed E-state index contributed by atoms with van der Waals surface area (Å²) in [7, 11) is 0. The Kier molecular flexibility index (Phi) is 3.35. The number of carbonyl (C=O) groups is 1. The zero-order chi connectivity index (χ0) is 12.1. The van der Waals surface area contributed by atoms with Gasteiger partial charge >= 0.3 is 5.97 Å². The van der Waals surface area contributed by atoms with Gasteiger partial charge in [0.15, 0.2) is 0 Å². The summed E-state index contributed by atoms with van der Waals surface area (Å²) in [4.78, 5) is 14.5. The third kappa shape index (κ3) is 3.04. The monoisotopic (exact) mass is 229 g/mol. The summed E-state index contributed by atoms with van der Waals surface area (Å²) in [6.45, 7) is 0.394. The Morgan fingerprint density at radius 3 is 2.71 bits per heavy atom. The molecule has 1 heterocycles. The van der Waals surface area contributed by atoms with Crippen molar-refractivity contribution in [2.24, 2.45) is 0 Å². The van der Waals surface area contributed by atoms with Crippen molar-refractivity contribution in [1.29, 1.82) is 0 Å². The Hall–Kier alpha value is -2.36. The van der Waals surface area contributed by atoms with Gasteiger partial charge < -0.3 is 9.84 Å². The Labute approximate surface area is 98.5 Å². The molecule has 1 aromatic heterocycles. The first-order valence-electron chi connectivity index (χ1n) is 5.11. The Bertz CT molecular complexity index is 511. The van der Waals surface area contributed by atoms with E-state index in [2.05, 4.69) is 4.98 Å². The molecule has 0 radical (unpaired) electrons. The lowest BCUT2D eigenvalue weighted by molar-refractivity contribution is 0.0696. The fourth-order valence-corrected chi connectivity index (χ4v) is 1.36. The van der Waals surface area contributed by atoms with Crippen molar-refractivity contribution in [3.05, 3.63) is 59.9 Å². The lowest BCUT2D eigenvalue weighted by atomic mass is 10.2. The second-order valence-corrected chi connectivity index (χ2v) is 3.49. The number of hydrogen-bond acceptors (Lipinski definition) is 3. The molecule has 0 aliphatic carbocycles. The van der Waals surface area contributed by atoms with Crippen molar-refractivity contribution in [2.75, 3.05) is 0 Å². The fourth-order valence-electron chi connectivity index (χ4n) is 1.36. The van der Waals surface area contributed by atoms with Crippen LogP contribution in [0, 0.1) is 0 Å². The minimum atomic E-state index is -1.01. The largest absolute Gasteiger partial charge is 0.487 e. The summed E-state index contributed by atoms with van der Waals surface area (Å²) in [6.07, 6.45) is 2.78. The molecule has 0 spiro atoms. The van der Waals surface area contributed by atoms with Crippen LogP contribution in [0.5, 0.6) is 5.75 Å². The predicted molar refractivity (Wildman–Crippen MR) is 62.0 cm³/mol. The first kappa shape index (κ1) is 11.1. The highest BCUT2D eigenvalue weighted by Crippen LogP contribution is 2.13. The van der Waals surface area contributed by atoms with E-state index in [1.165, 1.54) is 18.5 Å². The van der Waals surface area contributed by atoms with E-state index in [0.29, 0.717) is 12.4 Å². The molecular weight excluding hydrogens is 218 g/mol. The molecule has 2 rings (SSSR count). The molecular formula is C13H11NO3. The van der Waals surface area contributed by atoms with Crippen molar-refractivity contribution in [3.8, 4) is 5.75 Å². The highest BCUT2D eigenvalue weighted by Gasteiger charge is 2.04. The number of pyridine rings is 1. The average molecular weight is 229 g/mol. The quantitative estimate of drug-likeness (QED) is 0.874. The minimum Gasteiger partial charge on any atom is -0.487 e. The Morgan fingerprint density at radius 1 is 1.24 bits per heavy atom. The molecule has 0 bridgehead atoms. The summed E-state index contributed by atoms with van der Waals surface area (Å²) < 4.78 is 5.46. The molecule has 1 N–H and O–H groups in total. The number of nitrogens with zero attached hydrogens (tertiary/aromatic N) is 1. The van der Waals surface area contributed by atoms with E-state index in [9.17, 15) is 4.79 Å². The van der Waals surface area contributed by atoms with Crippen LogP contribution in [0.1, 0.15) is 15.9 Å². The van der Waals surface area contributed by atoms with Gasteiger partial charge in [-0.2, -0.15) is 0 Å². The van der Waals surface area contributed by atoms with E-state index < -0.39 is 5.97 Å². The first-order valence-corrected chi connectivity index (χ1v) is 5.11. The summed E-state index contributed by atoms with van der Waals surface area (Å²) in [5.41, 5.74) is 1.14. The van der Waals surface area contributed by atoms with Gasteiger partial charge in [-0.25, -0.2) is 4.79 Å². The van der Waals surface area contributed by atoms with Gasteiger partial charge in [-0.1, -0.05) is 30.3 Å². The zero-order valence-electron chi connectivity index (χ0n) is 9.04. The van der Waals surface area contributed by atoms with Crippen LogP contribution in [-0.4, -0.2) is 16.1 Å². The van der Waals surface area contributed by atoms with Gasteiger partial charge in [0.25, 0.3) is 0 Å². The van der Waals surface area contributed by atoms with Crippen molar-refractivity contribution in [2.45, 2.75) is 6.61 Å². The minimum absolute atomic E-state index is 0.121. The highest BCUT2D eigenvalue weighted by atomic mass is 16.5. The van der Waals surface area contributed by atoms with Gasteiger partial charge in [0.2, 0.25) is 0 Å². The molecule has 0 aliphatic rings. The molecule has 4 heteroatoms. The lowest BCUT2D eigenvalue weighted by Gasteiger charge is -2.06. The van der Waals surface area contributed by atoms with E-state index in [0.717, 1.165) is 5.56 Å². The maximum atomic E-state index is 10.7. The van der Waals surface area contributed by atoms with Crippen LogP contribution in [-0.2, 0) is 6.61 Å². The molecule has 1 aromatic carbocycles. The number of carboxylic acids is 1. The zero-order valence-corrected chi connectivity index (χ0v) is 9.04. The van der Waals surface area contributed by atoms with Crippen molar-refractivity contribution < 1.29 is 14.6 Å². The van der Waals surface area contributed by atoms with E-state index in [-0.39, 0.29) is 5.56 Å². The van der Waals surface area contributed by atoms with Crippen molar-refractivity contribution in [1.82, 2.24) is 4.98 Å². The van der Waals surface area contributed by atoms with Gasteiger partial charge in [-0.3, -0.25) is 4.98 Å². The van der Waals surface area contributed by atoms with Crippen LogP contribution < -0.4 is 4.74 Å². The van der Waals surface area contributed by atoms with Gasteiger partial charge in [0, 0.05) is 6.20 Å². The van der Waals surface area contributed by atoms with E-state index in [1.54, 1.807) is 0 Å². The fraction of sp³-hybridized carbons (Fsp3) is 0.0769. The van der Waals surface area contributed by atoms with E-state index >= 15 is 0 Å². The van der Waals surface area contributed by atoms with Crippen LogP contribution >= 0.6 is 0 Å². The van der Waals surface area contributed by atoms with Crippen LogP contribution in [0.4, 0.5) is 0 Å². The van der Waals surface area contributed by atoms with Crippen LogP contribution in [0.2, 0.25) is 0 Å². The molecule has 0 unspecified atom stereocenters. The van der Waals surface area contributed by atoms with Crippen molar-refractivity contribution in [3.63, 3.8) is 0 Å². The second-order valence-electron chi connectivity index (χ2n) is 3.49. The van der Waals surface area contributed by atoms with Gasteiger partial charge in [-0.05, 0) is 11.6 Å². The summed E-state index contributed by atoms with van der Waals surface area (Å²) in [5, 5.41) is 8.80. The number of carboxylic acid groups (broad SMARTS) is 1. The third-order valence-electron chi connectivity index (χ3n) is 2.21. The third-order valence-corrected chi connectivity index (χ3v) is 2.21. The molecule has 4 nitrogen and oxygen atoms in total. The van der Waals surface area contributed by atoms with Crippen LogP contribution in [0.15, 0.2) is 48.8 Å².